The molecule has 4 amide bonds. The second-order valence-corrected chi connectivity index (χ2v) is 16.0. The van der Waals surface area contributed by atoms with E-state index in [1.807, 2.05) is 0 Å². The highest BCUT2D eigenvalue weighted by atomic mass is 19.3. The van der Waals surface area contributed by atoms with E-state index in [4.69, 9.17) is 13.9 Å². The van der Waals surface area contributed by atoms with Crippen molar-refractivity contribution in [2.45, 2.75) is 97.1 Å². The summed E-state index contributed by atoms with van der Waals surface area (Å²) in [5.41, 5.74) is -1.13. The van der Waals surface area contributed by atoms with Crippen LogP contribution in [0.2, 0.25) is 0 Å². The fourth-order valence-electron chi connectivity index (χ4n) is 5.97. The van der Waals surface area contributed by atoms with Crippen LogP contribution in [0, 0.1) is 5.92 Å². The summed E-state index contributed by atoms with van der Waals surface area (Å²) in [6.07, 6.45) is 0.722. The van der Waals surface area contributed by atoms with E-state index in [9.17, 15) is 33.1 Å². The molecule has 2 fully saturated rings. The topological polar surface area (TPSA) is 194 Å². The van der Waals surface area contributed by atoms with Crippen LogP contribution in [0.4, 0.5) is 29.9 Å². The minimum Gasteiger partial charge on any atom is -0.444 e. The van der Waals surface area contributed by atoms with Crippen LogP contribution in [0.3, 0.4) is 0 Å². The number of nitrogens with zero attached hydrogens (tertiary/aromatic N) is 6. The van der Waals surface area contributed by atoms with Crippen molar-refractivity contribution in [1.82, 2.24) is 30.0 Å². The molecule has 0 spiro atoms. The number of pyridine rings is 1. The van der Waals surface area contributed by atoms with Gasteiger partial charge in [-0.3, -0.25) is 19.4 Å². The standard InChI is InChI=1S/C39H46F2N8O8/c1-38(2,3)56-36(53)47-19-26(50)16-29(47)34(52)43-17-22-9-11-25(12-10-22)49-20-27(31(46-49)32(40)41)44-33(51)28-21-55-35(45-28)24-13-14-42-30(15-24)48(18-23-7-8-23)37(54)57-39(4,5)6/h9-15,20-21,23,26,29,32,50H,7-8,16-19H2,1-6H3,(H,43,52)(H,44,51)/t26-,29+/m1/s1. The van der Waals surface area contributed by atoms with Gasteiger partial charge in [0.2, 0.25) is 11.8 Å². The van der Waals surface area contributed by atoms with Gasteiger partial charge in [-0.05, 0) is 90.1 Å². The lowest BCUT2D eigenvalue weighted by molar-refractivity contribution is -0.125. The number of rotatable bonds is 11. The van der Waals surface area contributed by atoms with E-state index in [1.54, 1.807) is 77.9 Å². The molecule has 1 aliphatic carbocycles. The van der Waals surface area contributed by atoms with Gasteiger partial charge < -0.3 is 29.6 Å². The molecule has 1 aromatic carbocycles. The highest BCUT2D eigenvalue weighted by Crippen LogP contribution is 2.33. The molecule has 18 heteroatoms. The van der Waals surface area contributed by atoms with Crippen molar-refractivity contribution in [2.75, 3.05) is 23.3 Å². The predicted molar refractivity (Wildman–Crippen MR) is 202 cm³/mol. The largest absolute Gasteiger partial charge is 0.444 e. The molecule has 304 valence electrons. The first-order valence-corrected chi connectivity index (χ1v) is 18.5. The number of anilines is 2. The summed E-state index contributed by atoms with van der Waals surface area (Å²) in [6, 6.07) is 8.80. The van der Waals surface area contributed by atoms with Gasteiger partial charge >= 0.3 is 12.2 Å². The minimum absolute atomic E-state index is 0.0292. The van der Waals surface area contributed by atoms with Crippen LogP contribution in [-0.4, -0.2) is 90.2 Å². The van der Waals surface area contributed by atoms with Crippen LogP contribution in [0.5, 0.6) is 0 Å². The number of aliphatic hydroxyl groups excluding tert-OH is 1. The molecule has 6 rings (SSSR count). The SMILES string of the molecule is CC(C)(C)OC(=O)N(CC1CC1)c1cc(-c2nc(C(=O)Nc3cn(-c4ccc(CNC(=O)[C@@H]5C[C@@H](O)CN5C(=O)OC(C)(C)C)cc4)nc3C(F)F)co2)ccn1. The van der Waals surface area contributed by atoms with Crippen molar-refractivity contribution >= 4 is 35.5 Å². The van der Waals surface area contributed by atoms with Crippen molar-refractivity contribution in [3.05, 3.63) is 72.0 Å². The Morgan fingerprint density at radius 3 is 2.39 bits per heavy atom. The van der Waals surface area contributed by atoms with E-state index in [0.717, 1.165) is 19.1 Å². The van der Waals surface area contributed by atoms with Crippen molar-refractivity contribution < 1.29 is 47.0 Å². The van der Waals surface area contributed by atoms with Crippen molar-refractivity contribution in [3.8, 4) is 17.1 Å². The Morgan fingerprint density at radius 2 is 1.74 bits per heavy atom. The van der Waals surface area contributed by atoms with Crippen LogP contribution < -0.4 is 15.5 Å². The normalized spacial score (nSPS) is 17.1. The average Bonchev–Trinajstić information content (AvgIpc) is 3.46. The highest BCUT2D eigenvalue weighted by Gasteiger charge is 2.41. The molecule has 0 unspecified atom stereocenters. The van der Waals surface area contributed by atoms with E-state index >= 15 is 0 Å². The van der Waals surface area contributed by atoms with Crippen molar-refractivity contribution in [1.29, 1.82) is 0 Å². The molecule has 4 aromatic rings. The lowest BCUT2D eigenvalue weighted by atomic mass is 10.1. The van der Waals surface area contributed by atoms with Gasteiger partial charge in [0.15, 0.2) is 11.4 Å². The molecule has 0 bridgehead atoms. The molecule has 16 nitrogen and oxygen atoms in total. The summed E-state index contributed by atoms with van der Waals surface area (Å²) >= 11 is 0. The maximum absolute atomic E-state index is 14.1. The fraction of sp³-hybridized carbons (Fsp3) is 0.462. The Balaban J connectivity index is 1.10. The Labute approximate surface area is 327 Å². The maximum Gasteiger partial charge on any atom is 0.416 e. The van der Waals surface area contributed by atoms with E-state index < -0.39 is 59.5 Å². The molecule has 57 heavy (non-hydrogen) atoms. The smallest absolute Gasteiger partial charge is 0.416 e. The lowest BCUT2D eigenvalue weighted by Crippen LogP contribution is -2.47. The number of hydrogen-bond donors (Lipinski definition) is 3. The third-order valence-electron chi connectivity index (χ3n) is 8.83. The number of nitrogens with one attached hydrogen (secondary N) is 2. The summed E-state index contributed by atoms with van der Waals surface area (Å²) < 4.78 is 46.0. The van der Waals surface area contributed by atoms with E-state index in [-0.39, 0.29) is 36.8 Å². The number of amides is 4. The maximum atomic E-state index is 14.1. The summed E-state index contributed by atoms with van der Waals surface area (Å²) in [7, 11) is 0. The number of likely N-dealkylation sites (tertiary alicyclic amines) is 1. The average molecular weight is 793 g/mol. The zero-order chi connectivity index (χ0) is 41.2. The van der Waals surface area contributed by atoms with Crippen LogP contribution >= 0.6 is 0 Å². The highest BCUT2D eigenvalue weighted by molar-refractivity contribution is 6.03. The number of aliphatic hydroxyl groups is 1. The molecule has 1 saturated carbocycles. The van der Waals surface area contributed by atoms with E-state index in [0.29, 0.717) is 35.1 Å². The quantitative estimate of drug-likeness (QED) is 0.155. The van der Waals surface area contributed by atoms with Gasteiger partial charge in [0.1, 0.15) is 29.3 Å². The van der Waals surface area contributed by atoms with Crippen molar-refractivity contribution in [3.63, 3.8) is 0 Å². The molecule has 3 N–H and O–H groups in total. The molecule has 0 radical (unpaired) electrons. The summed E-state index contributed by atoms with van der Waals surface area (Å²) in [5.74, 6) is -0.589. The first-order chi connectivity index (χ1) is 26.8. The third kappa shape index (κ3) is 10.5. The van der Waals surface area contributed by atoms with E-state index in [1.165, 1.54) is 26.9 Å². The molecule has 2 atom stereocenters. The second-order valence-electron chi connectivity index (χ2n) is 16.0. The second kappa shape index (κ2) is 16.3. The first-order valence-electron chi connectivity index (χ1n) is 18.5. The minimum atomic E-state index is -3.03. The van der Waals surface area contributed by atoms with Crippen LogP contribution in [0.15, 0.2) is 59.5 Å². The van der Waals surface area contributed by atoms with Gasteiger partial charge in [-0.25, -0.2) is 33.0 Å². The van der Waals surface area contributed by atoms with E-state index in [2.05, 4.69) is 25.7 Å². The number of aromatic nitrogens is 4. The third-order valence-corrected chi connectivity index (χ3v) is 8.83. The molecule has 1 saturated heterocycles. The predicted octanol–water partition coefficient (Wildman–Crippen LogP) is 6.25. The van der Waals surface area contributed by atoms with Gasteiger partial charge in [-0.2, -0.15) is 5.10 Å². The van der Waals surface area contributed by atoms with Gasteiger partial charge in [0.05, 0.1) is 30.2 Å². The number of halogens is 2. The fourth-order valence-corrected chi connectivity index (χ4v) is 5.97. The Kier molecular flexibility index (Phi) is 11.6. The zero-order valence-electron chi connectivity index (χ0n) is 32.5. The molecule has 2 aliphatic rings. The Bertz CT molecular complexity index is 2100. The Morgan fingerprint density at radius 1 is 1.04 bits per heavy atom. The number of ether oxygens (including phenoxy) is 2. The molecular weight excluding hydrogens is 746 g/mol. The number of β-amino-alcohol motifs (C(OH)–C–C–N with tert-alkyl or cyclic N) is 1. The number of hydrogen-bond acceptors (Lipinski definition) is 11. The monoisotopic (exact) mass is 792 g/mol. The summed E-state index contributed by atoms with van der Waals surface area (Å²) in [4.78, 5) is 63.2. The van der Waals surface area contributed by atoms with Gasteiger partial charge in [0.25, 0.3) is 12.3 Å². The number of carbonyl (C=O) groups is 4. The first kappa shape index (κ1) is 40.7. The Hall–Kier alpha value is -5.91. The number of benzene rings is 1. The van der Waals surface area contributed by atoms with Gasteiger partial charge in [-0.1, -0.05) is 12.1 Å². The van der Waals surface area contributed by atoms with Crippen LogP contribution in [0.1, 0.15) is 89.0 Å². The molecule has 1 aliphatic heterocycles. The summed E-state index contributed by atoms with van der Waals surface area (Å²) in [6.45, 7) is 10.9. The van der Waals surface area contributed by atoms with Gasteiger partial charge in [0, 0.05) is 31.3 Å². The molecular formula is C39H46F2N8O8. The molecule has 3 aromatic heterocycles. The number of carbonyl (C=O) groups excluding carboxylic acids is 4. The van der Waals surface area contributed by atoms with Crippen molar-refractivity contribution in [2.24, 2.45) is 5.92 Å². The van der Waals surface area contributed by atoms with Crippen LogP contribution in [-0.2, 0) is 20.8 Å². The van der Waals surface area contributed by atoms with Crippen LogP contribution in [0.25, 0.3) is 17.1 Å². The molecule has 4 heterocycles. The summed E-state index contributed by atoms with van der Waals surface area (Å²) in [5, 5.41) is 19.4. The zero-order valence-corrected chi connectivity index (χ0v) is 32.5. The van der Waals surface area contributed by atoms with Gasteiger partial charge in [-0.15, -0.1) is 0 Å². The lowest BCUT2D eigenvalue weighted by Gasteiger charge is -2.27. The number of alkyl halides is 2. The number of oxazole rings is 1.